The van der Waals surface area contributed by atoms with Crippen molar-refractivity contribution in [2.75, 3.05) is 0 Å². The number of hydrogen-bond acceptors (Lipinski definition) is 6. The second-order valence-electron chi connectivity index (χ2n) is 11.7. The molecule has 8 aromatic rings. The predicted octanol–water partition coefficient (Wildman–Crippen LogP) is 9.22. The lowest BCUT2D eigenvalue weighted by atomic mass is 9.74. The fraction of sp³-hybridized carbons (Fsp3) is 0.0250. The number of hydrogen-bond donors (Lipinski definition) is 0. The third-order valence-electron chi connectivity index (χ3n) is 9.35. The molecule has 1 spiro atoms. The van der Waals surface area contributed by atoms with Gasteiger partial charge in [-0.1, -0.05) is 78.9 Å². The molecule has 0 aliphatic heterocycles. The number of pyridine rings is 2. The van der Waals surface area contributed by atoms with E-state index in [0.717, 1.165) is 16.7 Å². The Morgan fingerprint density at radius 2 is 0.978 bits per heavy atom. The van der Waals surface area contributed by atoms with Gasteiger partial charge >= 0.3 is 0 Å². The molecule has 0 atom stereocenters. The average molecular weight is 606 g/mol. The van der Waals surface area contributed by atoms with Gasteiger partial charge in [-0.3, -0.25) is 9.97 Å². The van der Waals surface area contributed by atoms with Crippen molar-refractivity contribution in [3.63, 3.8) is 0 Å². The van der Waals surface area contributed by atoms with Crippen LogP contribution in [0.1, 0.15) is 21.6 Å². The Morgan fingerprint density at radius 3 is 1.61 bits per heavy atom. The van der Waals surface area contributed by atoms with Crippen molar-refractivity contribution in [1.82, 2.24) is 24.9 Å². The first-order valence-electron chi connectivity index (χ1n) is 15.2. The zero-order valence-electron chi connectivity index (χ0n) is 24.4. The van der Waals surface area contributed by atoms with Gasteiger partial charge in [0.25, 0.3) is 0 Å². The van der Waals surface area contributed by atoms with Gasteiger partial charge in [0, 0.05) is 62.0 Å². The van der Waals surface area contributed by atoms with E-state index in [1.54, 1.807) is 24.8 Å². The fourth-order valence-electron chi connectivity index (χ4n) is 7.45. The molecule has 0 radical (unpaired) electrons. The number of benzene rings is 4. The zero-order valence-corrected chi connectivity index (χ0v) is 25.2. The Hall–Kier alpha value is -5.85. The van der Waals surface area contributed by atoms with Gasteiger partial charge in [0.05, 0.1) is 5.41 Å². The molecule has 4 aromatic carbocycles. The highest BCUT2D eigenvalue weighted by atomic mass is 32.1. The van der Waals surface area contributed by atoms with E-state index >= 15 is 0 Å². The molecule has 0 unspecified atom stereocenters. The lowest BCUT2D eigenvalue weighted by Crippen LogP contribution is -2.24. The van der Waals surface area contributed by atoms with Crippen LogP contribution in [0.3, 0.4) is 0 Å². The molecule has 0 saturated heterocycles. The van der Waals surface area contributed by atoms with Gasteiger partial charge in [-0.25, -0.2) is 15.0 Å². The van der Waals surface area contributed by atoms with Gasteiger partial charge in [-0.05, 0) is 69.8 Å². The first-order chi connectivity index (χ1) is 22.8. The van der Waals surface area contributed by atoms with Crippen LogP contribution in [0.2, 0.25) is 0 Å². The Morgan fingerprint density at radius 1 is 0.457 bits per heavy atom. The maximum Gasteiger partial charge on any atom is 0.164 e. The number of thiophene rings is 1. The van der Waals surface area contributed by atoms with Crippen molar-refractivity contribution in [2.24, 2.45) is 0 Å². The molecule has 10 rings (SSSR count). The molecule has 46 heavy (non-hydrogen) atoms. The molecule has 2 aliphatic rings. The van der Waals surface area contributed by atoms with Crippen molar-refractivity contribution in [3.05, 3.63) is 162 Å². The zero-order chi connectivity index (χ0) is 30.2. The molecular weight excluding hydrogens is 583 g/mol. The summed E-state index contributed by atoms with van der Waals surface area (Å²) in [5.74, 6) is 1.85. The van der Waals surface area contributed by atoms with Crippen molar-refractivity contribution < 1.29 is 0 Å². The number of nitrogens with zero attached hydrogens (tertiary/aromatic N) is 5. The van der Waals surface area contributed by atoms with Gasteiger partial charge in [0.2, 0.25) is 0 Å². The minimum absolute atomic E-state index is 0.385. The van der Waals surface area contributed by atoms with E-state index in [-0.39, 0.29) is 5.41 Å². The molecule has 4 aromatic heterocycles. The molecule has 0 saturated carbocycles. The lowest BCUT2D eigenvalue weighted by molar-refractivity contribution is 0.811. The van der Waals surface area contributed by atoms with E-state index < -0.39 is 0 Å². The Kier molecular flexibility index (Phi) is 5.30. The van der Waals surface area contributed by atoms with Gasteiger partial charge in [0.1, 0.15) is 0 Å². The Balaban J connectivity index is 1.26. The highest BCUT2D eigenvalue weighted by Gasteiger charge is 2.53. The molecule has 4 heterocycles. The molecule has 2 aliphatic carbocycles. The maximum atomic E-state index is 5.03. The molecule has 0 fully saturated rings. The second-order valence-corrected chi connectivity index (χ2v) is 12.7. The van der Waals surface area contributed by atoms with Crippen LogP contribution in [-0.4, -0.2) is 24.9 Å². The van der Waals surface area contributed by atoms with E-state index in [9.17, 15) is 0 Å². The van der Waals surface area contributed by atoms with Crippen LogP contribution in [0, 0.1) is 0 Å². The summed E-state index contributed by atoms with van der Waals surface area (Å²) in [6, 6.07) is 41.2. The van der Waals surface area contributed by atoms with E-state index in [4.69, 9.17) is 15.0 Å². The van der Waals surface area contributed by atoms with Crippen LogP contribution in [0.4, 0.5) is 0 Å². The molecule has 0 N–H and O–H groups in total. The van der Waals surface area contributed by atoms with Gasteiger partial charge in [0.15, 0.2) is 17.5 Å². The van der Waals surface area contributed by atoms with Crippen LogP contribution in [0.15, 0.2) is 140 Å². The number of aromatic nitrogens is 5. The summed E-state index contributed by atoms with van der Waals surface area (Å²) in [6.07, 6.45) is 7.06. The van der Waals surface area contributed by atoms with E-state index in [1.165, 1.54) is 53.9 Å². The van der Waals surface area contributed by atoms with Crippen molar-refractivity contribution in [3.8, 4) is 56.4 Å². The molecule has 0 bridgehead atoms. The number of fused-ring (bicyclic) bond motifs is 12. The summed E-state index contributed by atoms with van der Waals surface area (Å²) in [6.45, 7) is 0. The largest absolute Gasteiger partial charge is 0.265 e. The standard InChI is InChI=1S/C40H23N5S/c1-4-10-31-27(7-1)28-8-2-5-11-32(28)40(31)33-14-13-26(23-30(33)35-29-9-3-6-12-34(29)46-36(35)40)39-44-37(24-15-19-41-20-16-24)43-38(45-39)25-17-21-42-22-18-25/h1-23H. The smallest absolute Gasteiger partial charge is 0.164 e. The predicted molar refractivity (Wildman–Crippen MR) is 183 cm³/mol. The van der Waals surface area contributed by atoms with Crippen LogP contribution >= 0.6 is 11.3 Å². The van der Waals surface area contributed by atoms with Gasteiger partial charge in [-0.2, -0.15) is 0 Å². The molecular formula is C40H23N5S. The monoisotopic (exact) mass is 605 g/mol. The normalized spacial score (nSPS) is 13.4. The third kappa shape index (κ3) is 3.42. The lowest BCUT2D eigenvalue weighted by Gasteiger charge is -2.29. The van der Waals surface area contributed by atoms with E-state index in [2.05, 4.69) is 101 Å². The van der Waals surface area contributed by atoms with Gasteiger partial charge in [-0.15, -0.1) is 11.3 Å². The summed E-state index contributed by atoms with van der Waals surface area (Å²) in [4.78, 5) is 24.7. The average Bonchev–Trinajstić information content (AvgIpc) is 3.76. The first kappa shape index (κ1) is 25.5. The van der Waals surface area contributed by atoms with Crippen molar-refractivity contribution >= 4 is 21.4 Å². The molecule has 214 valence electrons. The minimum atomic E-state index is -0.385. The van der Waals surface area contributed by atoms with Crippen molar-refractivity contribution in [1.29, 1.82) is 0 Å². The Bertz CT molecular complexity index is 2380. The van der Waals surface area contributed by atoms with E-state index in [1.807, 2.05) is 35.6 Å². The second kappa shape index (κ2) is 9.57. The highest BCUT2D eigenvalue weighted by molar-refractivity contribution is 7.20. The first-order valence-corrected chi connectivity index (χ1v) is 16.1. The van der Waals surface area contributed by atoms with Crippen LogP contribution < -0.4 is 0 Å². The Labute approximate surface area is 269 Å². The van der Waals surface area contributed by atoms with E-state index in [0.29, 0.717) is 17.5 Å². The summed E-state index contributed by atoms with van der Waals surface area (Å²) in [7, 11) is 0. The quantitative estimate of drug-likeness (QED) is 0.201. The van der Waals surface area contributed by atoms with Crippen molar-refractivity contribution in [2.45, 2.75) is 5.41 Å². The fourth-order valence-corrected chi connectivity index (χ4v) is 8.90. The SMILES string of the molecule is c1ccc2c(c1)-c1ccccc1C21c2ccc(-c3nc(-c4ccncc4)nc(-c4ccncc4)n3)cc2-c2c1sc1ccccc21. The van der Waals surface area contributed by atoms with Crippen LogP contribution in [0.5, 0.6) is 0 Å². The topological polar surface area (TPSA) is 64.5 Å². The summed E-state index contributed by atoms with van der Waals surface area (Å²) in [5, 5.41) is 1.28. The molecule has 6 heteroatoms. The van der Waals surface area contributed by atoms with Gasteiger partial charge < -0.3 is 0 Å². The molecule has 0 amide bonds. The minimum Gasteiger partial charge on any atom is -0.265 e. The maximum absolute atomic E-state index is 5.03. The highest BCUT2D eigenvalue weighted by Crippen LogP contribution is 2.66. The van der Waals surface area contributed by atoms with Crippen LogP contribution in [-0.2, 0) is 5.41 Å². The summed E-state index contributed by atoms with van der Waals surface area (Å²) in [5.41, 5.74) is 11.5. The number of rotatable bonds is 3. The van der Waals surface area contributed by atoms with Crippen LogP contribution in [0.25, 0.3) is 66.5 Å². The third-order valence-corrected chi connectivity index (χ3v) is 10.6. The summed E-state index contributed by atoms with van der Waals surface area (Å²) >= 11 is 1.91. The molecule has 5 nitrogen and oxygen atoms in total. The summed E-state index contributed by atoms with van der Waals surface area (Å²) < 4.78 is 1.30.